The number of hydrogen-bond donors (Lipinski definition) is 0. The third-order valence-corrected chi connectivity index (χ3v) is 3.91. The maximum atomic E-state index is 9.61. The fourth-order valence-corrected chi connectivity index (χ4v) is 2.78. The van der Waals surface area contributed by atoms with Crippen LogP contribution in [0.15, 0.2) is 22.7 Å². The van der Waals surface area contributed by atoms with Crippen molar-refractivity contribution < 1.29 is 4.74 Å². The molecule has 1 aliphatic heterocycles. The van der Waals surface area contributed by atoms with Gasteiger partial charge in [0.25, 0.3) is 0 Å². The van der Waals surface area contributed by atoms with Crippen molar-refractivity contribution in [3.63, 3.8) is 0 Å². The van der Waals surface area contributed by atoms with Crippen molar-refractivity contribution >= 4 is 15.9 Å². The second-order valence-corrected chi connectivity index (χ2v) is 5.29. The van der Waals surface area contributed by atoms with Crippen molar-refractivity contribution in [2.24, 2.45) is 0 Å². The Labute approximate surface area is 110 Å². The normalized spacial score (nSPS) is 23.5. The molecule has 90 valence electrons. The van der Waals surface area contributed by atoms with Crippen LogP contribution in [0.25, 0.3) is 0 Å². The molecule has 1 atom stereocenters. The Bertz CT molecular complexity index is 467. The number of nitrogens with zero attached hydrogens (tertiary/aromatic N) is 2. The lowest BCUT2D eigenvalue weighted by Crippen LogP contribution is -2.39. The topological polar surface area (TPSA) is 36.3 Å². The highest BCUT2D eigenvalue weighted by molar-refractivity contribution is 9.10. The molecular weight excluding hydrogens is 280 g/mol. The number of halogens is 1. The summed E-state index contributed by atoms with van der Waals surface area (Å²) in [6.45, 7) is 0.660. The van der Waals surface area contributed by atoms with E-state index in [-0.39, 0.29) is 0 Å². The number of rotatable bonds is 1. The van der Waals surface area contributed by atoms with Gasteiger partial charge in [0.2, 0.25) is 0 Å². The third-order valence-electron chi connectivity index (χ3n) is 3.29. The van der Waals surface area contributed by atoms with E-state index in [0.717, 1.165) is 28.6 Å². The van der Waals surface area contributed by atoms with Gasteiger partial charge in [-0.2, -0.15) is 5.26 Å². The van der Waals surface area contributed by atoms with E-state index in [1.165, 1.54) is 0 Å². The van der Waals surface area contributed by atoms with Crippen molar-refractivity contribution in [1.82, 2.24) is 4.90 Å². The minimum Gasteiger partial charge on any atom is -0.492 e. The number of para-hydroxylation sites is 1. The van der Waals surface area contributed by atoms with Gasteiger partial charge in [0.1, 0.15) is 11.3 Å². The Morgan fingerprint density at radius 2 is 2.24 bits per heavy atom. The average Bonchev–Trinajstić information content (AvgIpc) is 2.50. The van der Waals surface area contributed by atoms with Gasteiger partial charge in [-0.1, -0.05) is 12.1 Å². The van der Waals surface area contributed by atoms with E-state index < -0.39 is 5.54 Å². The molecule has 0 aromatic heterocycles. The highest BCUT2D eigenvalue weighted by Gasteiger charge is 2.39. The first-order chi connectivity index (χ1) is 8.12. The summed E-state index contributed by atoms with van der Waals surface area (Å²) in [6.07, 6.45) is 1.67. The van der Waals surface area contributed by atoms with E-state index in [9.17, 15) is 5.26 Å². The van der Waals surface area contributed by atoms with Crippen molar-refractivity contribution in [3.05, 3.63) is 28.2 Å². The summed E-state index contributed by atoms with van der Waals surface area (Å²) in [5.41, 5.74) is 0.368. The summed E-state index contributed by atoms with van der Waals surface area (Å²) in [5, 5.41) is 9.61. The van der Waals surface area contributed by atoms with Gasteiger partial charge in [-0.15, -0.1) is 0 Å². The van der Waals surface area contributed by atoms with Gasteiger partial charge in [-0.25, -0.2) is 0 Å². The minimum absolute atomic E-state index is 0.588. The molecular formula is C13H15BrN2O. The molecule has 1 aromatic rings. The summed E-state index contributed by atoms with van der Waals surface area (Å²) in [5.74, 6) is 0.806. The maximum Gasteiger partial charge on any atom is 0.139 e. The predicted octanol–water partition coefficient (Wildman–Crippen LogP) is 2.90. The predicted molar refractivity (Wildman–Crippen MR) is 69.8 cm³/mol. The van der Waals surface area contributed by atoms with Crippen LogP contribution in [-0.4, -0.2) is 25.6 Å². The zero-order valence-corrected chi connectivity index (χ0v) is 11.6. The number of hydrogen-bond acceptors (Lipinski definition) is 3. The first kappa shape index (κ1) is 12.4. The Morgan fingerprint density at radius 3 is 2.88 bits per heavy atom. The standard InChI is InChI=1S/C13H15BrN2O/c1-16(2)13(9-15)7-4-8-17-12-10(13)5-3-6-11(12)14/h3,5-6H,4,7-8H2,1-2H3. The Hall–Kier alpha value is -1.05. The SMILES string of the molecule is CN(C)C1(C#N)CCCOc2c(Br)cccc21. The lowest BCUT2D eigenvalue weighted by molar-refractivity contribution is 0.202. The van der Waals surface area contributed by atoms with Crippen molar-refractivity contribution in [2.45, 2.75) is 18.4 Å². The molecule has 2 rings (SSSR count). The molecule has 1 aromatic carbocycles. The van der Waals surface area contributed by atoms with E-state index >= 15 is 0 Å². The lowest BCUT2D eigenvalue weighted by atomic mass is 9.85. The van der Waals surface area contributed by atoms with Gasteiger partial charge < -0.3 is 4.74 Å². The fourth-order valence-electron chi connectivity index (χ4n) is 2.30. The van der Waals surface area contributed by atoms with Crippen molar-refractivity contribution in [3.8, 4) is 11.8 Å². The lowest BCUT2D eigenvalue weighted by Gasteiger charge is -2.33. The van der Waals surface area contributed by atoms with Gasteiger partial charge in [-0.05, 0) is 48.9 Å². The highest BCUT2D eigenvalue weighted by Crippen LogP contribution is 2.42. The van der Waals surface area contributed by atoms with Gasteiger partial charge in [0, 0.05) is 5.56 Å². The molecule has 0 bridgehead atoms. The van der Waals surface area contributed by atoms with Crippen molar-refractivity contribution in [1.29, 1.82) is 5.26 Å². The van der Waals surface area contributed by atoms with Crippen LogP contribution in [0.5, 0.6) is 5.75 Å². The molecule has 1 aliphatic rings. The van der Waals surface area contributed by atoms with Crippen LogP contribution in [0.4, 0.5) is 0 Å². The maximum absolute atomic E-state index is 9.61. The Balaban J connectivity index is 2.66. The molecule has 1 unspecified atom stereocenters. The molecule has 0 spiro atoms. The van der Waals surface area contributed by atoms with Crippen LogP contribution in [0.3, 0.4) is 0 Å². The van der Waals surface area contributed by atoms with Crippen LogP contribution in [0.1, 0.15) is 18.4 Å². The number of fused-ring (bicyclic) bond motifs is 1. The van der Waals surface area contributed by atoms with Crippen LogP contribution in [-0.2, 0) is 5.54 Å². The summed E-state index contributed by atoms with van der Waals surface area (Å²) in [4.78, 5) is 1.98. The molecule has 3 nitrogen and oxygen atoms in total. The van der Waals surface area contributed by atoms with E-state index in [1.807, 2.05) is 37.2 Å². The quantitative estimate of drug-likeness (QED) is 0.799. The van der Waals surface area contributed by atoms with E-state index in [0.29, 0.717) is 6.61 Å². The van der Waals surface area contributed by atoms with Crippen molar-refractivity contribution in [2.75, 3.05) is 20.7 Å². The Morgan fingerprint density at radius 1 is 1.47 bits per heavy atom. The van der Waals surface area contributed by atoms with Gasteiger partial charge in [0.15, 0.2) is 0 Å². The number of nitriles is 1. The van der Waals surface area contributed by atoms with Crippen LogP contribution in [0, 0.1) is 11.3 Å². The zero-order chi connectivity index (χ0) is 12.5. The van der Waals surface area contributed by atoms with Gasteiger partial charge in [0.05, 0.1) is 17.1 Å². The largest absolute Gasteiger partial charge is 0.492 e. The number of ether oxygens (including phenoxy) is 1. The van der Waals surface area contributed by atoms with Gasteiger partial charge in [-0.3, -0.25) is 4.90 Å². The molecule has 0 amide bonds. The van der Waals surface area contributed by atoms with E-state index in [4.69, 9.17) is 4.74 Å². The molecule has 0 fully saturated rings. The fraction of sp³-hybridized carbons (Fsp3) is 0.462. The second kappa shape index (κ2) is 4.67. The summed E-state index contributed by atoms with van der Waals surface area (Å²) < 4.78 is 6.68. The first-order valence-electron chi connectivity index (χ1n) is 5.62. The molecule has 0 saturated carbocycles. The molecule has 0 radical (unpaired) electrons. The van der Waals surface area contributed by atoms with Gasteiger partial charge >= 0.3 is 0 Å². The summed E-state index contributed by atoms with van der Waals surface area (Å²) >= 11 is 3.49. The molecule has 1 heterocycles. The Kier molecular flexibility index (Phi) is 3.41. The molecule has 17 heavy (non-hydrogen) atoms. The second-order valence-electron chi connectivity index (χ2n) is 4.44. The molecule has 0 aliphatic carbocycles. The minimum atomic E-state index is -0.588. The monoisotopic (exact) mass is 294 g/mol. The van der Waals surface area contributed by atoms with Crippen LogP contribution >= 0.6 is 15.9 Å². The zero-order valence-electron chi connectivity index (χ0n) is 10.0. The molecule has 0 saturated heterocycles. The number of benzene rings is 1. The molecule has 0 N–H and O–H groups in total. The van der Waals surface area contributed by atoms with E-state index in [1.54, 1.807) is 0 Å². The van der Waals surface area contributed by atoms with E-state index in [2.05, 4.69) is 22.0 Å². The van der Waals surface area contributed by atoms with Crippen LogP contribution < -0.4 is 4.74 Å². The smallest absolute Gasteiger partial charge is 0.139 e. The summed E-state index contributed by atoms with van der Waals surface area (Å²) in [7, 11) is 3.89. The average molecular weight is 295 g/mol. The summed E-state index contributed by atoms with van der Waals surface area (Å²) in [6, 6.07) is 8.34. The first-order valence-corrected chi connectivity index (χ1v) is 6.41. The highest BCUT2D eigenvalue weighted by atomic mass is 79.9. The third kappa shape index (κ3) is 1.94. The van der Waals surface area contributed by atoms with Crippen LogP contribution in [0.2, 0.25) is 0 Å². The molecule has 4 heteroatoms.